The Morgan fingerprint density at radius 1 is 1.26 bits per heavy atom. The van der Waals surface area contributed by atoms with Gasteiger partial charge in [-0.05, 0) is 36.8 Å². The number of carbonyl (C=O) groups excluding carboxylic acids is 1. The average Bonchev–Trinajstić information content (AvgIpc) is 2.83. The topological polar surface area (TPSA) is 46.9 Å². The highest BCUT2D eigenvalue weighted by Gasteiger charge is 2.04. The van der Waals surface area contributed by atoms with Crippen LogP contribution in [-0.2, 0) is 13.6 Å². The van der Waals surface area contributed by atoms with E-state index in [1.165, 1.54) is 0 Å². The van der Waals surface area contributed by atoms with Crippen molar-refractivity contribution >= 4 is 11.5 Å². The molecule has 2 aromatic rings. The molecule has 4 heteroatoms. The second-order valence-electron chi connectivity index (χ2n) is 4.58. The summed E-state index contributed by atoms with van der Waals surface area (Å²) >= 11 is 0. The third-order valence-corrected chi connectivity index (χ3v) is 2.93. The van der Waals surface area contributed by atoms with Gasteiger partial charge in [0.05, 0.1) is 12.2 Å². The number of ketones is 1. The summed E-state index contributed by atoms with van der Waals surface area (Å²) in [6, 6.07) is 9.60. The number of nitrogens with zero attached hydrogens (tertiary/aromatic N) is 2. The van der Waals surface area contributed by atoms with Crippen LogP contribution in [0.4, 0.5) is 5.69 Å². The number of aryl methyl sites for hydroxylation is 1. The first-order valence-corrected chi connectivity index (χ1v) is 6.54. The highest BCUT2D eigenvalue weighted by Crippen LogP contribution is 2.12. The highest BCUT2D eigenvalue weighted by atomic mass is 16.1. The first-order chi connectivity index (χ1) is 9.19. The monoisotopic (exact) mass is 257 g/mol. The normalized spacial score (nSPS) is 10.4. The lowest BCUT2D eigenvalue weighted by atomic mass is 10.1. The molecule has 0 aliphatic heterocycles. The lowest BCUT2D eigenvalue weighted by Gasteiger charge is -2.05. The van der Waals surface area contributed by atoms with Crippen molar-refractivity contribution < 1.29 is 4.79 Å². The number of hydrogen-bond acceptors (Lipinski definition) is 3. The third-order valence-electron chi connectivity index (χ3n) is 2.93. The van der Waals surface area contributed by atoms with Gasteiger partial charge in [0.1, 0.15) is 0 Å². The molecule has 0 radical (unpaired) electrons. The SMILES string of the molecule is CCCC(=O)c1ccc(NCc2ccn(C)n2)cc1. The van der Waals surface area contributed by atoms with E-state index in [-0.39, 0.29) is 5.78 Å². The number of aromatic nitrogens is 2. The minimum atomic E-state index is 0.207. The standard InChI is InChI=1S/C15H19N3O/c1-3-4-15(19)12-5-7-13(8-6-12)16-11-14-9-10-18(2)17-14/h5-10,16H,3-4,11H2,1-2H3. The van der Waals surface area contributed by atoms with E-state index in [2.05, 4.69) is 10.4 Å². The molecule has 100 valence electrons. The molecule has 0 aliphatic carbocycles. The molecule has 1 aromatic carbocycles. The maximum atomic E-state index is 11.7. The number of rotatable bonds is 6. The Morgan fingerprint density at radius 2 is 2.00 bits per heavy atom. The van der Waals surface area contributed by atoms with Crippen LogP contribution < -0.4 is 5.32 Å². The summed E-state index contributed by atoms with van der Waals surface area (Å²) in [6.07, 6.45) is 3.42. The van der Waals surface area contributed by atoms with E-state index in [0.717, 1.165) is 23.4 Å². The first kappa shape index (κ1) is 13.3. The van der Waals surface area contributed by atoms with Crippen LogP contribution in [0.25, 0.3) is 0 Å². The van der Waals surface area contributed by atoms with Gasteiger partial charge in [-0.15, -0.1) is 0 Å². The Bertz CT molecular complexity index is 543. The summed E-state index contributed by atoms with van der Waals surface area (Å²) in [4.78, 5) is 11.7. The molecule has 0 saturated heterocycles. The maximum absolute atomic E-state index is 11.7. The van der Waals surface area contributed by atoms with Crippen LogP contribution in [0.5, 0.6) is 0 Å². The van der Waals surface area contributed by atoms with Gasteiger partial charge in [-0.25, -0.2) is 0 Å². The van der Waals surface area contributed by atoms with E-state index in [1.807, 2.05) is 50.5 Å². The van der Waals surface area contributed by atoms with Crippen LogP contribution in [0, 0.1) is 0 Å². The second kappa shape index (κ2) is 6.18. The largest absolute Gasteiger partial charge is 0.379 e. The Morgan fingerprint density at radius 3 is 2.58 bits per heavy atom. The molecule has 0 unspecified atom stereocenters. The van der Waals surface area contributed by atoms with E-state index in [0.29, 0.717) is 13.0 Å². The smallest absolute Gasteiger partial charge is 0.162 e. The lowest BCUT2D eigenvalue weighted by Crippen LogP contribution is -2.02. The Balaban J connectivity index is 1.93. The predicted octanol–water partition coefficient (Wildman–Crippen LogP) is 3.02. The number of hydrogen-bond donors (Lipinski definition) is 1. The summed E-state index contributed by atoms with van der Waals surface area (Å²) in [7, 11) is 1.90. The molecule has 0 bridgehead atoms. The Hall–Kier alpha value is -2.10. The van der Waals surface area contributed by atoms with Crippen molar-refractivity contribution in [1.82, 2.24) is 9.78 Å². The first-order valence-electron chi connectivity index (χ1n) is 6.54. The van der Waals surface area contributed by atoms with Crippen molar-refractivity contribution in [2.45, 2.75) is 26.3 Å². The number of nitrogens with one attached hydrogen (secondary N) is 1. The summed E-state index contributed by atoms with van der Waals surface area (Å²) < 4.78 is 1.78. The van der Waals surface area contributed by atoms with Crippen LogP contribution in [0.3, 0.4) is 0 Å². The molecule has 4 nitrogen and oxygen atoms in total. The predicted molar refractivity (Wildman–Crippen MR) is 76.2 cm³/mol. The second-order valence-corrected chi connectivity index (χ2v) is 4.58. The van der Waals surface area contributed by atoms with Gasteiger partial charge in [-0.1, -0.05) is 6.92 Å². The zero-order valence-corrected chi connectivity index (χ0v) is 11.4. The average molecular weight is 257 g/mol. The molecular formula is C15H19N3O. The number of carbonyl (C=O) groups is 1. The van der Waals surface area contributed by atoms with Crippen LogP contribution in [0.15, 0.2) is 36.5 Å². The van der Waals surface area contributed by atoms with E-state index in [1.54, 1.807) is 4.68 Å². The minimum absolute atomic E-state index is 0.207. The van der Waals surface area contributed by atoms with Crippen molar-refractivity contribution in [1.29, 1.82) is 0 Å². The highest BCUT2D eigenvalue weighted by molar-refractivity contribution is 5.96. The van der Waals surface area contributed by atoms with Crippen LogP contribution in [-0.4, -0.2) is 15.6 Å². The zero-order valence-electron chi connectivity index (χ0n) is 11.4. The fourth-order valence-corrected chi connectivity index (χ4v) is 1.90. The van der Waals surface area contributed by atoms with Crippen molar-refractivity contribution in [3.05, 3.63) is 47.8 Å². The van der Waals surface area contributed by atoms with Crippen molar-refractivity contribution in [2.75, 3.05) is 5.32 Å². The number of anilines is 1. The number of Topliss-reactive ketones (excluding diaryl/α,β-unsaturated/α-hetero) is 1. The van der Waals surface area contributed by atoms with Crippen LogP contribution in [0.1, 0.15) is 35.8 Å². The lowest BCUT2D eigenvalue weighted by molar-refractivity contribution is 0.0982. The minimum Gasteiger partial charge on any atom is -0.379 e. The zero-order chi connectivity index (χ0) is 13.7. The van der Waals surface area contributed by atoms with Gasteiger partial charge in [0.15, 0.2) is 5.78 Å². The summed E-state index contributed by atoms with van der Waals surface area (Å²) in [5.41, 5.74) is 2.78. The summed E-state index contributed by atoms with van der Waals surface area (Å²) in [6.45, 7) is 2.70. The fraction of sp³-hybridized carbons (Fsp3) is 0.333. The Kier molecular flexibility index (Phi) is 4.34. The van der Waals surface area contributed by atoms with Gasteiger partial charge in [-0.3, -0.25) is 9.48 Å². The summed E-state index contributed by atoms with van der Waals surface area (Å²) in [5, 5.41) is 7.58. The van der Waals surface area contributed by atoms with E-state index in [9.17, 15) is 4.79 Å². The van der Waals surface area contributed by atoms with Gasteiger partial charge in [0.25, 0.3) is 0 Å². The van der Waals surface area contributed by atoms with E-state index in [4.69, 9.17) is 0 Å². The molecule has 1 N–H and O–H groups in total. The van der Waals surface area contributed by atoms with Gasteiger partial charge in [0, 0.05) is 30.9 Å². The molecule has 0 amide bonds. The van der Waals surface area contributed by atoms with E-state index < -0.39 is 0 Å². The third kappa shape index (κ3) is 3.68. The van der Waals surface area contributed by atoms with Crippen LogP contribution >= 0.6 is 0 Å². The molecule has 0 saturated carbocycles. The molecule has 0 atom stereocenters. The van der Waals surface area contributed by atoms with Gasteiger partial charge in [0.2, 0.25) is 0 Å². The van der Waals surface area contributed by atoms with Gasteiger partial charge >= 0.3 is 0 Å². The molecule has 0 aliphatic rings. The van der Waals surface area contributed by atoms with Crippen LogP contribution in [0.2, 0.25) is 0 Å². The van der Waals surface area contributed by atoms with Gasteiger partial charge < -0.3 is 5.32 Å². The number of benzene rings is 1. The van der Waals surface area contributed by atoms with Crippen molar-refractivity contribution in [2.24, 2.45) is 7.05 Å². The molecule has 19 heavy (non-hydrogen) atoms. The fourth-order valence-electron chi connectivity index (χ4n) is 1.90. The quantitative estimate of drug-likeness (QED) is 0.809. The Labute approximate surface area is 113 Å². The maximum Gasteiger partial charge on any atom is 0.162 e. The molecule has 0 fully saturated rings. The van der Waals surface area contributed by atoms with Gasteiger partial charge in [-0.2, -0.15) is 5.10 Å². The van der Waals surface area contributed by atoms with Crippen molar-refractivity contribution in [3.63, 3.8) is 0 Å². The molecule has 1 aromatic heterocycles. The van der Waals surface area contributed by atoms with Crippen molar-refractivity contribution in [3.8, 4) is 0 Å². The molecular weight excluding hydrogens is 238 g/mol. The molecule has 1 heterocycles. The summed E-state index contributed by atoms with van der Waals surface area (Å²) in [5.74, 6) is 0.207. The molecule has 0 spiro atoms. The molecule has 2 rings (SSSR count). The van der Waals surface area contributed by atoms with E-state index >= 15 is 0 Å².